The number of fused-ring (bicyclic) bond motifs is 1. The van der Waals surface area contributed by atoms with Gasteiger partial charge in [0.15, 0.2) is 0 Å². The summed E-state index contributed by atoms with van der Waals surface area (Å²) in [5.41, 5.74) is 5.39. The Morgan fingerprint density at radius 2 is 1.84 bits per heavy atom. The van der Waals surface area contributed by atoms with E-state index in [9.17, 15) is 19.5 Å². The highest BCUT2D eigenvalue weighted by Crippen LogP contribution is 2.44. The number of methoxy groups -OCH3 is 1. The molecule has 0 fully saturated rings. The van der Waals surface area contributed by atoms with E-state index in [1.807, 2.05) is 24.3 Å². The first-order chi connectivity index (χ1) is 14.8. The third-order valence-electron chi connectivity index (χ3n) is 5.01. The van der Waals surface area contributed by atoms with E-state index in [1.165, 1.54) is 18.3 Å². The van der Waals surface area contributed by atoms with Crippen molar-refractivity contribution in [2.75, 3.05) is 19.0 Å². The number of aliphatic carboxylic acids is 1. The maximum atomic E-state index is 13.4. The molecule has 0 radical (unpaired) electrons. The molecule has 1 unspecified atom stereocenters. The Kier molecular flexibility index (Phi) is 6.84. The van der Waals surface area contributed by atoms with E-state index in [2.05, 4.69) is 10.6 Å². The second-order valence-electron chi connectivity index (χ2n) is 7.00. The van der Waals surface area contributed by atoms with Crippen molar-refractivity contribution in [1.82, 2.24) is 9.62 Å². The summed E-state index contributed by atoms with van der Waals surface area (Å²) in [5, 5.41) is 14.9. The molecule has 0 spiro atoms. The highest BCUT2D eigenvalue weighted by Gasteiger charge is 2.51. The first-order valence-electron chi connectivity index (χ1n) is 9.53. The molecule has 164 valence electrons. The molecule has 0 aromatic heterocycles. The number of nitrogens with two attached hydrogens (primary N) is 1. The Bertz CT molecular complexity index is 973. The lowest BCUT2D eigenvalue weighted by Crippen LogP contribution is -2.62. The van der Waals surface area contributed by atoms with Gasteiger partial charge in [-0.25, -0.2) is 0 Å². The number of carboxylic acids is 1. The molecule has 0 saturated carbocycles. The summed E-state index contributed by atoms with van der Waals surface area (Å²) in [7, 11) is 1.34. The van der Waals surface area contributed by atoms with Crippen molar-refractivity contribution < 1.29 is 24.2 Å². The molecule has 0 bridgehead atoms. The fraction of sp³-hybridized carbons (Fsp3) is 0.286. The Morgan fingerprint density at radius 1 is 1.19 bits per heavy atom. The lowest BCUT2D eigenvalue weighted by atomic mass is 10.0. The van der Waals surface area contributed by atoms with Gasteiger partial charge in [-0.05, 0) is 36.6 Å². The molecule has 2 aromatic carbocycles. The molecule has 3 atom stereocenters. The van der Waals surface area contributed by atoms with Crippen LogP contribution in [0.1, 0.15) is 18.5 Å². The number of carbonyl (C=O) groups excluding carboxylic acids is 2. The molecule has 0 aliphatic carbocycles. The number of rotatable bonds is 7. The highest BCUT2D eigenvalue weighted by molar-refractivity contribution is 7.97. The number of benzene rings is 2. The topological polar surface area (TPSA) is 134 Å². The van der Waals surface area contributed by atoms with Gasteiger partial charge in [0.2, 0.25) is 11.6 Å². The predicted molar refractivity (Wildman–Crippen MR) is 116 cm³/mol. The number of ether oxygens (including phenoxy) is 1. The van der Waals surface area contributed by atoms with Crippen LogP contribution in [0.3, 0.4) is 0 Å². The zero-order valence-corrected chi connectivity index (χ0v) is 17.9. The fourth-order valence-electron chi connectivity index (χ4n) is 3.27. The number of para-hydroxylation sites is 1. The van der Waals surface area contributed by atoms with E-state index >= 15 is 0 Å². The quantitative estimate of drug-likeness (QED) is 0.473. The van der Waals surface area contributed by atoms with Crippen LogP contribution in [-0.4, -0.2) is 52.6 Å². The third-order valence-corrected chi connectivity index (χ3v) is 6.26. The number of hydrogen-bond donors (Lipinski definition) is 4. The monoisotopic (exact) mass is 444 g/mol. The second-order valence-corrected chi connectivity index (χ2v) is 8.02. The molecule has 5 N–H and O–H groups in total. The molecule has 2 aromatic rings. The molecule has 10 heteroatoms. The summed E-state index contributed by atoms with van der Waals surface area (Å²) >= 11 is 1.14. The van der Waals surface area contributed by atoms with Crippen molar-refractivity contribution in [3.8, 4) is 0 Å². The van der Waals surface area contributed by atoms with Crippen LogP contribution in [0, 0.1) is 0 Å². The summed E-state index contributed by atoms with van der Waals surface area (Å²) in [6, 6.07) is 13.9. The third kappa shape index (κ3) is 4.50. The lowest BCUT2D eigenvalue weighted by molar-refractivity contribution is -0.159. The minimum Gasteiger partial charge on any atom is -0.480 e. The van der Waals surface area contributed by atoms with Gasteiger partial charge in [-0.1, -0.05) is 42.5 Å². The molecule has 9 nitrogen and oxygen atoms in total. The number of nitrogens with zero attached hydrogens (tertiary/aromatic N) is 1. The molecule has 3 rings (SSSR count). The summed E-state index contributed by atoms with van der Waals surface area (Å²) in [6.45, 7) is 1.35. The largest absolute Gasteiger partial charge is 0.480 e. The van der Waals surface area contributed by atoms with Crippen molar-refractivity contribution in [1.29, 1.82) is 0 Å². The van der Waals surface area contributed by atoms with Crippen LogP contribution in [0.25, 0.3) is 0 Å². The number of primary amides is 1. The second kappa shape index (κ2) is 9.38. The summed E-state index contributed by atoms with van der Waals surface area (Å²) in [6.07, 6.45) is 0. The van der Waals surface area contributed by atoms with Crippen molar-refractivity contribution in [3.05, 3.63) is 60.2 Å². The lowest BCUT2D eigenvalue weighted by Gasteiger charge is -2.41. The van der Waals surface area contributed by atoms with Crippen LogP contribution < -0.4 is 16.4 Å². The number of amides is 2. The van der Waals surface area contributed by atoms with Crippen LogP contribution in [0.4, 0.5) is 5.69 Å². The summed E-state index contributed by atoms with van der Waals surface area (Å²) in [4.78, 5) is 38.1. The van der Waals surface area contributed by atoms with Gasteiger partial charge in [0.05, 0.1) is 6.54 Å². The zero-order valence-electron chi connectivity index (χ0n) is 17.1. The zero-order chi connectivity index (χ0) is 22.6. The number of hydrogen-bond acceptors (Lipinski definition) is 7. The average molecular weight is 445 g/mol. The van der Waals surface area contributed by atoms with Crippen molar-refractivity contribution in [3.63, 3.8) is 0 Å². The smallest absolute Gasteiger partial charge is 0.325 e. The average Bonchev–Trinajstić information content (AvgIpc) is 2.92. The van der Waals surface area contributed by atoms with E-state index in [4.69, 9.17) is 10.5 Å². The Hall–Kier alpha value is -3.08. The minimum atomic E-state index is -1.70. The van der Waals surface area contributed by atoms with Crippen molar-refractivity contribution >= 4 is 35.4 Å². The van der Waals surface area contributed by atoms with Gasteiger partial charge in [0, 0.05) is 17.7 Å². The number of nitrogens with one attached hydrogen (secondary N) is 2. The first kappa shape index (κ1) is 22.6. The van der Waals surface area contributed by atoms with Gasteiger partial charge < -0.3 is 26.2 Å². The van der Waals surface area contributed by atoms with Crippen molar-refractivity contribution in [2.45, 2.75) is 29.6 Å². The Labute approximate surface area is 184 Å². The minimum absolute atomic E-state index is 0.0199. The predicted octanol–water partition coefficient (Wildman–Crippen LogP) is 1.58. The fourth-order valence-corrected chi connectivity index (χ4v) is 4.56. The maximum Gasteiger partial charge on any atom is 0.325 e. The molecule has 0 saturated heterocycles. The number of carboxylic acid groups (broad SMARTS) is 1. The Morgan fingerprint density at radius 3 is 2.45 bits per heavy atom. The van der Waals surface area contributed by atoms with Crippen LogP contribution >= 0.6 is 11.9 Å². The normalized spacial score (nSPS) is 20.5. The van der Waals surface area contributed by atoms with E-state index in [-0.39, 0.29) is 6.54 Å². The summed E-state index contributed by atoms with van der Waals surface area (Å²) in [5.74, 6) is -2.57. The number of carbonyl (C=O) groups is 3. The highest BCUT2D eigenvalue weighted by atomic mass is 32.2. The van der Waals surface area contributed by atoms with Gasteiger partial charge in [0.25, 0.3) is 5.91 Å². The van der Waals surface area contributed by atoms with Gasteiger partial charge in [-0.15, -0.1) is 0 Å². The molecule has 2 amide bonds. The van der Waals surface area contributed by atoms with E-state index in [1.54, 1.807) is 30.3 Å². The molecular weight excluding hydrogens is 420 g/mol. The van der Waals surface area contributed by atoms with Crippen LogP contribution in [-0.2, 0) is 19.1 Å². The van der Waals surface area contributed by atoms with Crippen LogP contribution in [0.15, 0.2) is 59.5 Å². The Balaban J connectivity index is 2.15. The van der Waals surface area contributed by atoms with E-state index < -0.39 is 35.6 Å². The van der Waals surface area contributed by atoms with Crippen molar-refractivity contribution in [2.24, 2.45) is 5.73 Å². The summed E-state index contributed by atoms with van der Waals surface area (Å²) < 4.78 is 7.13. The van der Waals surface area contributed by atoms with Crippen LogP contribution in [0.5, 0.6) is 0 Å². The molecule has 1 heterocycles. The van der Waals surface area contributed by atoms with E-state index in [0.717, 1.165) is 22.5 Å². The first-order valence-corrected chi connectivity index (χ1v) is 10.3. The maximum absolute atomic E-state index is 13.4. The molecular formula is C21H24N4O5S. The van der Waals surface area contributed by atoms with Gasteiger partial charge >= 0.3 is 5.97 Å². The standard InChI is InChI=1S/C21H24N4O5S/c1-13(19(27)28)24-18(26)17(14-8-4-3-5-9-14)25-21(30-2,20(22)29)12-23-15-10-6-7-11-16(15)31-25/h3-11,13,17,23H,12H2,1-2H3,(H2,22,29)(H,24,26)(H,27,28)/t13-,17+,21?/m0/s1. The SMILES string of the molecule is COC1(C(N)=O)CNc2ccccc2SN1[C@@H](C(=O)N[C@@H](C)C(=O)O)c1ccccc1. The van der Waals surface area contributed by atoms with E-state index in [0.29, 0.717) is 5.56 Å². The van der Waals surface area contributed by atoms with Crippen LogP contribution in [0.2, 0.25) is 0 Å². The van der Waals surface area contributed by atoms with Gasteiger partial charge in [-0.2, -0.15) is 4.31 Å². The van der Waals surface area contributed by atoms with Gasteiger partial charge in [0.1, 0.15) is 12.1 Å². The molecule has 1 aliphatic heterocycles. The van der Waals surface area contributed by atoms with Gasteiger partial charge in [-0.3, -0.25) is 14.4 Å². The number of anilines is 1. The molecule has 31 heavy (non-hydrogen) atoms. The molecule has 1 aliphatic rings.